The second kappa shape index (κ2) is 12.5. The van der Waals surface area contributed by atoms with Crippen LogP contribution >= 0.6 is 24.0 Å². The summed E-state index contributed by atoms with van der Waals surface area (Å²) in [5, 5.41) is 6.88. The van der Waals surface area contributed by atoms with Gasteiger partial charge in [-0.25, -0.2) is 0 Å². The van der Waals surface area contributed by atoms with Crippen molar-refractivity contribution >= 4 is 29.9 Å². The third-order valence-electron chi connectivity index (χ3n) is 3.79. The molecule has 126 valence electrons. The van der Waals surface area contributed by atoms with E-state index >= 15 is 0 Å². The van der Waals surface area contributed by atoms with Crippen LogP contribution in [0.5, 0.6) is 0 Å². The van der Waals surface area contributed by atoms with Gasteiger partial charge in [-0.15, -0.1) is 24.0 Å². The largest absolute Gasteiger partial charge is 0.382 e. The average molecular weight is 412 g/mol. The van der Waals surface area contributed by atoms with E-state index in [-0.39, 0.29) is 24.0 Å². The van der Waals surface area contributed by atoms with Gasteiger partial charge in [0.1, 0.15) is 0 Å². The molecule has 0 saturated carbocycles. The summed E-state index contributed by atoms with van der Waals surface area (Å²) in [5.41, 5.74) is 0. The summed E-state index contributed by atoms with van der Waals surface area (Å²) in [7, 11) is 1.83. The predicted octanol–water partition coefficient (Wildman–Crippen LogP) is 2.07. The number of guanidine groups is 1. The summed E-state index contributed by atoms with van der Waals surface area (Å²) < 4.78 is 5.33. The number of ether oxygens (including phenoxy) is 1. The van der Waals surface area contributed by atoms with E-state index in [0.717, 1.165) is 32.1 Å². The molecule has 0 radical (unpaired) electrons. The summed E-state index contributed by atoms with van der Waals surface area (Å²) >= 11 is 0. The third kappa shape index (κ3) is 8.83. The minimum Gasteiger partial charge on any atom is -0.382 e. The monoisotopic (exact) mass is 412 g/mol. The number of nitrogens with zero attached hydrogens (tertiary/aromatic N) is 2. The van der Waals surface area contributed by atoms with E-state index in [9.17, 15) is 0 Å². The maximum Gasteiger partial charge on any atom is 0.191 e. The van der Waals surface area contributed by atoms with Crippen LogP contribution in [0.4, 0.5) is 0 Å². The zero-order valence-corrected chi connectivity index (χ0v) is 16.4. The lowest BCUT2D eigenvalue weighted by Gasteiger charge is -2.35. The van der Waals surface area contributed by atoms with Gasteiger partial charge < -0.3 is 20.3 Å². The molecule has 1 heterocycles. The number of piperidine rings is 1. The molecule has 0 amide bonds. The summed E-state index contributed by atoms with van der Waals surface area (Å²) in [6.07, 6.45) is 3.40. The standard InChI is InChI=1S/C15H32N4O.HI/c1-5-20-12-6-9-17-15(16-4)18-14-7-10-19(11-8-14)13(2)3;/h13-14H,5-12H2,1-4H3,(H2,16,17,18);1H. The van der Waals surface area contributed by atoms with Gasteiger partial charge in [0.05, 0.1) is 0 Å². The van der Waals surface area contributed by atoms with Crippen LogP contribution in [-0.2, 0) is 4.74 Å². The fraction of sp³-hybridized carbons (Fsp3) is 0.933. The SMILES string of the molecule is CCOCCCNC(=NC)NC1CCN(C(C)C)CC1.I. The molecule has 1 aliphatic heterocycles. The first kappa shape index (κ1) is 20.9. The molecule has 5 nitrogen and oxygen atoms in total. The van der Waals surface area contributed by atoms with E-state index in [1.165, 1.54) is 25.9 Å². The molecular formula is C15H33IN4O. The average Bonchev–Trinajstić information content (AvgIpc) is 2.46. The molecule has 0 aliphatic carbocycles. The topological polar surface area (TPSA) is 48.9 Å². The highest BCUT2D eigenvalue weighted by Gasteiger charge is 2.21. The second-order valence-corrected chi connectivity index (χ2v) is 5.60. The quantitative estimate of drug-likeness (QED) is 0.291. The maximum atomic E-state index is 5.33. The molecule has 1 rings (SSSR count). The molecule has 0 atom stereocenters. The molecule has 0 aromatic carbocycles. The Bertz CT molecular complexity index is 279. The Labute approximate surface area is 147 Å². The van der Waals surface area contributed by atoms with Crippen molar-refractivity contribution in [2.45, 2.75) is 52.1 Å². The lowest BCUT2D eigenvalue weighted by atomic mass is 10.0. The van der Waals surface area contributed by atoms with E-state index in [1.54, 1.807) is 0 Å². The zero-order valence-electron chi connectivity index (χ0n) is 14.0. The molecule has 0 aromatic heterocycles. The Morgan fingerprint density at radius 3 is 2.52 bits per heavy atom. The second-order valence-electron chi connectivity index (χ2n) is 5.60. The van der Waals surface area contributed by atoms with Gasteiger partial charge in [0, 0.05) is 52.0 Å². The number of nitrogens with one attached hydrogen (secondary N) is 2. The smallest absolute Gasteiger partial charge is 0.191 e. The maximum absolute atomic E-state index is 5.33. The van der Waals surface area contributed by atoms with Gasteiger partial charge in [0.2, 0.25) is 0 Å². The number of likely N-dealkylation sites (tertiary alicyclic amines) is 1. The van der Waals surface area contributed by atoms with Crippen molar-refractivity contribution in [3.63, 3.8) is 0 Å². The summed E-state index contributed by atoms with van der Waals surface area (Å²) in [6, 6.07) is 1.20. The van der Waals surface area contributed by atoms with E-state index in [0.29, 0.717) is 12.1 Å². The fourth-order valence-corrected chi connectivity index (χ4v) is 2.47. The lowest BCUT2D eigenvalue weighted by Crippen LogP contribution is -2.50. The number of hydrogen-bond acceptors (Lipinski definition) is 3. The highest BCUT2D eigenvalue weighted by molar-refractivity contribution is 14.0. The van der Waals surface area contributed by atoms with Crippen molar-refractivity contribution in [2.24, 2.45) is 4.99 Å². The van der Waals surface area contributed by atoms with Gasteiger partial charge in [-0.2, -0.15) is 0 Å². The van der Waals surface area contributed by atoms with E-state index in [2.05, 4.69) is 34.4 Å². The molecule has 1 aliphatic rings. The fourth-order valence-electron chi connectivity index (χ4n) is 2.47. The van der Waals surface area contributed by atoms with Crippen LogP contribution in [0.1, 0.15) is 40.0 Å². The molecule has 2 N–H and O–H groups in total. The first-order valence-electron chi connectivity index (χ1n) is 7.96. The van der Waals surface area contributed by atoms with E-state index in [4.69, 9.17) is 4.74 Å². The van der Waals surface area contributed by atoms with Crippen molar-refractivity contribution in [1.82, 2.24) is 15.5 Å². The van der Waals surface area contributed by atoms with Crippen molar-refractivity contribution in [3.8, 4) is 0 Å². The molecule has 1 fully saturated rings. The van der Waals surface area contributed by atoms with E-state index in [1.807, 2.05) is 14.0 Å². The Kier molecular flexibility index (Phi) is 12.4. The molecule has 1 saturated heterocycles. The summed E-state index contributed by atoms with van der Waals surface area (Å²) in [6.45, 7) is 11.4. The number of aliphatic imine (C=N–C) groups is 1. The van der Waals surface area contributed by atoms with Crippen molar-refractivity contribution < 1.29 is 4.74 Å². The molecule has 0 spiro atoms. The first-order chi connectivity index (χ1) is 9.67. The van der Waals surface area contributed by atoms with Gasteiger partial charge in [-0.1, -0.05) is 0 Å². The van der Waals surface area contributed by atoms with Gasteiger partial charge in [-0.05, 0) is 40.0 Å². The van der Waals surface area contributed by atoms with Gasteiger partial charge in [0.25, 0.3) is 0 Å². The Hall–Kier alpha value is -0.0800. The molecule has 0 aromatic rings. The Balaban J connectivity index is 0.00000400. The van der Waals surface area contributed by atoms with Crippen LogP contribution in [0.2, 0.25) is 0 Å². The summed E-state index contributed by atoms with van der Waals surface area (Å²) in [4.78, 5) is 6.83. The third-order valence-corrected chi connectivity index (χ3v) is 3.79. The van der Waals surface area contributed by atoms with Crippen molar-refractivity contribution in [2.75, 3.05) is 39.9 Å². The van der Waals surface area contributed by atoms with Gasteiger partial charge in [0.15, 0.2) is 5.96 Å². The molecule has 6 heteroatoms. The Morgan fingerprint density at radius 2 is 2.00 bits per heavy atom. The predicted molar refractivity (Wildman–Crippen MR) is 101 cm³/mol. The molecular weight excluding hydrogens is 379 g/mol. The minimum absolute atomic E-state index is 0. The van der Waals surface area contributed by atoms with Crippen molar-refractivity contribution in [3.05, 3.63) is 0 Å². The van der Waals surface area contributed by atoms with Crippen LogP contribution in [0.3, 0.4) is 0 Å². The van der Waals surface area contributed by atoms with Crippen molar-refractivity contribution in [1.29, 1.82) is 0 Å². The van der Waals surface area contributed by atoms with Gasteiger partial charge >= 0.3 is 0 Å². The highest BCUT2D eigenvalue weighted by atomic mass is 127. The normalized spacial score (nSPS) is 17.7. The van der Waals surface area contributed by atoms with Crippen LogP contribution < -0.4 is 10.6 Å². The molecule has 21 heavy (non-hydrogen) atoms. The number of hydrogen-bond donors (Lipinski definition) is 2. The van der Waals surface area contributed by atoms with Crippen LogP contribution in [0.25, 0.3) is 0 Å². The van der Waals surface area contributed by atoms with E-state index < -0.39 is 0 Å². The highest BCUT2D eigenvalue weighted by Crippen LogP contribution is 2.12. The summed E-state index contributed by atoms with van der Waals surface area (Å²) in [5.74, 6) is 0.921. The first-order valence-corrected chi connectivity index (χ1v) is 7.96. The Morgan fingerprint density at radius 1 is 1.33 bits per heavy atom. The van der Waals surface area contributed by atoms with Crippen LogP contribution in [0, 0.1) is 0 Å². The molecule has 0 bridgehead atoms. The van der Waals surface area contributed by atoms with Crippen LogP contribution in [-0.4, -0.2) is 62.8 Å². The van der Waals surface area contributed by atoms with Crippen LogP contribution in [0.15, 0.2) is 4.99 Å². The number of rotatable bonds is 7. The lowest BCUT2D eigenvalue weighted by molar-refractivity contribution is 0.145. The number of halogens is 1. The van der Waals surface area contributed by atoms with Gasteiger partial charge in [-0.3, -0.25) is 4.99 Å². The molecule has 0 unspecified atom stereocenters. The minimum atomic E-state index is 0. The zero-order chi connectivity index (χ0) is 14.8.